The second-order valence-corrected chi connectivity index (χ2v) is 10.3. The minimum absolute atomic E-state index is 0.0184. The first kappa shape index (κ1) is 24.6. The number of carbonyl (C=O) groups excluding carboxylic acids is 4. The van der Waals surface area contributed by atoms with Crippen LogP contribution in [0.5, 0.6) is 0 Å². The number of aryl methyl sites for hydroxylation is 1. The molecule has 1 aromatic rings. The van der Waals surface area contributed by atoms with E-state index in [-0.39, 0.29) is 4.90 Å². The highest BCUT2D eigenvalue weighted by atomic mass is 32.2. The van der Waals surface area contributed by atoms with E-state index < -0.39 is 52.0 Å². The molecular formula is C21H28N4O7S. The molecule has 33 heavy (non-hydrogen) atoms. The predicted molar refractivity (Wildman–Crippen MR) is 116 cm³/mol. The standard InChI is InChI=1S/C21H28N4O7S/c1-13-4-6-16(7-5-13)33(30,31)24-15(3)18(27)32-12-17(26)23-25-19(28)21(22-20(25)29)10-8-14(2)9-11-21/h4-7,14-15,24H,8-12H2,1-3H3,(H,22,29)(H,23,26)/t14?,15-,21?/m0/s1. The molecule has 0 radical (unpaired) electrons. The summed E-state index contributed by atoms with van der Waals surface area (Å²) in [7, 11) is -3.97. The number of hydrogen-bond donors (Lipinski definition) is 3. The van der Waals surface area contributed by atoms with Gasteiger partial charge in [-0.3, -0.25) is 19.8 Å². The third-order valence-corrected chi connectivity index (χ3v) is 7.45. The summed E-state index contributed by atoms with van der Waals surface area (Å²) in [6.45, 7) is 4.36. The highest BCUT2D eigenvalue weighted by Gasteiger charge is 2.52. The maximum absolute atomic E-state index is 12.7. The van der Waals surface area contributed by atoms with Crippen LogP contribution < -0.4 is 15.5 Å². The number of nitrogens with zero attached hydrogens (tertiary/aromatic N) is 1. The minimum atomic E-state index is -3.97. The number of carbonyl (C=O) groups is 4. The van der Waals surface area contributed by atoms with Crippen LogP contribution in [0.2, 0.25) is 0 Å². The molecule has 4 amide bonds. The van der Waals surface area contributed by atoms with Crippen LogP contribution in [-0.4, -0.2) is 55.4 Å². The van der Waals surface area contributed by atoms with Crippen LogP contribution in [0.4, 0.5) is 4.79 Å². The van der Waals surface area contributed by atoms with Gasteiger partial charge in [-0.05, 0) is 57.6 Å². The molecule has 1 aromatic carbocycles. The summed E-state index contributed by atoms with van der Waals surface area (Å²) in [6.07, 6.45) is 2.53. The lowest BCUT2D eigenvalue weighted by molar-refractivity contribution is -0.151. The molecule has 3 rings (SSSR count). The Balaban J connectivity index is 1.51. The molecule has 1 spiro atoms. The number of amides is 4. The molecule has 2 aliphatic rings. The molecule has 0 bridgehead atoms. The van der Waals surface area contributed by atoms with Crippen molar-refractivity contribution in [2.75, 3.05) is 6.61 Å². The fourth-order valence-electron chi connectivity index (χ4n) is 3.80. The van der Waals surface area contributed by atoms with E-state index in [1.165, 1.54) is 19.1 Å². The number of esters is 1. The van der Waals surface area contributed by atoms with Gasteiger partial charge in [-0.1, -0.05) is 24.6 Å². The van der Waals surface area contributed by atoms with E-state index in [9.17, 15) is 27.6 Å². The summed E-state index contributed by atoms with van der Waals surface area (Å²) >= 11 is 0. The van der Waals surface area contributed by atoms with E-state index in [4.69, 9.17) is 4.74 Å². The Morgan fingerprint density at radius 3 is 2.42 bits per heavy atom. The van der Waals surface area contributed by atoms with Gasteiger partial charge in [0.25, 0.3) is 11.8 Å². The average molecular weight is 481 g/mol. The van der Waals surface area contributed by atoms with Gasteiger partial charge in [-0.15, -0.1) is 0 Å². The third-order valence-electron chi connectivity index (χ3n) is 5.89. The van der Waals surface area contributed by atoms with Crippen molar-refractivity contribution in [2.45, 2.75) is 62.9 Å². The Morgan fingerprint density at radius 2 is 1.82 bits per heavy atom. The van der Waals surface area contributed by atoms with Crippen LogP contribution >= 0.6 is 0 Å². The Labute approximate surface area is 192 Å². The monoisotopic (exact) mass is 480 g/mol. The molecule has 180 valence electrons. The topological polar surface area (TPSA) is 151 Å². The minimum Gasteiger partial charge on any atom is -0.454 e. The number of sulfonamides is 1. The largest absolute Gasteiger partial charge is 0.454 e. The van der Waals surface area contributed by atoms with Crippen molar-refractivity contribution >= 4 is 33.8 Å². The number of benzene rings is 1. The summed E-state index contributed by atoms with van der Waals surface area (Å²) in [5, 5.41) is 3.27. The summed E-state index contributed by atoms with van der Waals surface area (Å²) in [5.41, 5.74) is 2.01. The Morgan fingerprint density at radius 1 is 1.21 bits per heavy atom. The molecule has 2 fully saturated rings. The molecule has 12 heteroatoms. The summed E-state index contributed by atoms with van der Waals surface area (Å²) < 4.78 is 31.8. The van der Waals surface area contributed by atoms with Crippen LogP contribution in [0.25, 0.3) is 0 Å². The van der Waals surface area contributed by atoms with Crippen LogP contribution in [0.15, 0.2) is 29.2 Å². The van der Waals surface area contributed by atoms with Gasteiger partial charge in [0.1, 0.15) is 11.6 Å². The second kappa shape index (κ2) is 9.48. The molecule has 1 atom stereocenters. The summed E-state index contributed by atoms with van der Waals surface area (Å²) in [5.74, 6) is -1.98. The van der Waals surface area contributed by atoms with Gasteiger partial charge in [0.15, 0.2) is 6.61 Å². The molecule has 1 saturated heterocycles. The fraction of sp³-hybridized carbons (Fsp3) is 0.524. The van der Waals surface area contributed by atoms with Crippen LogP contribution in [-0.2, 0) is 29.1 Å². The lowest BCUT2D eigenvalue weighted by Crippen LogP contribution is -2.52. The number of nitrogens with one attached hydrogen (secondary N) is 3. The quantitative estimate of drug-likeness (QED) is 0.384. The van der Waals surface area contributed by atoms with E-state index in [0.717, 1.165) is 18.4 Å². The van der Waals surface area contributed by atoms with E-state index in [0.29, 0.717) is 23.8 Å². The number of hydrazine groups is 1. The fourth-order valence-corrected chi connectivity index (χ4v) is 4.99. The maximum atomic E-state index is 12.7. The van der Waals surface area contributed by atoms with Crippen molar-refractivity contribution in [1.29, 1.82) is 0 Å². The molecule has 0 unspecified atom stereocenters. The molecule has 3 N–H and O–H groups in total. The van der Waals surface area contributed by atoms with Gasteiger partial charge in [-0.2, -0.15) is 9.73 Å². The highest BCUT2D eigenvalue weighted by molar-refractivity contribution is 7.89. The molecule has 1 heterocycles. The zero-order valence-electron chi connectivity index (χ0n) is 18.7. The first-order valence-electron chi connectivity index (χ1n) is 10.7. The molecule has 1 aliphatic carbocycles. The molecule has 1 saturated carbocycles. The first-order chi connectivity index (χ1) is 15.4. The molecular weight excluding hydrogens is 452 g/mol. The summed E-state index contributed by atoms with van der Waals surface area (Å²) in [4.78, 5) is 49.3. The van der Waals surface area contributed by atoms with Crippen molar-refractivity contribution < 1.29 is 32.3 Å². The zero-order valence-corrected chi connectivity index (χ0v) is 19.5. The van der Waals surface area contributed by atoms with E-state index in [2.05, 4.69) is 22.4 Å². The smallest absolute Gasteiger partial charge is 0.344 e. The van der Waals surface area contributed by atoms with Gasteiger partial charge >= 0.3 is 12.0 Å². The average Bonchev–Trinajstić information content (AvgIpc) is 2.98. The highest BCUT2D eigenvalue weighted by Crippen LogP contribution is 2.35. The third kappa shape index (κ3) is 5.50. The number of urea groups is 1. The molecule has 11 nitrogen and oxygen atoms in total. The van der Waals surface area contributed by atoms with Gasteiger partial charge in [0.2, 0.25) is 10.0 Å². The van der Waals surface area contributed by atoms with E-state index in [1.54, 1.807) is 12.1 Å². The Hall–Kier alpha value is -2.99. The van der Waals surface area contributed by atoms with Gasteiger partial charge in [-0.25, -0.2) is 13.2 Å². The number of imide groups is 1. The van der Waals surface area contributed by atoms with Crippen molar-refractivity contribution in [3.05, 3.63) is 29.8 Å². The van der Waals surface area contributed by atoms with Gasteiger partial charge in [0.05, 0.1) is 4.90 Å². The van der Waals surface area contributed by atoms with Crippen molar-refractivity contribution in [1.82, 2.24) is 20.5 Å². The number of ether oxygens (including phenoxy) is 1. The van der Waals surface area contributed by atoms with Crippen LogP contribution in [0, 0.1) is 12.8 Å². The number of rotatable bonds is 7. The summed E-state index contributed by atoms with van der Waals surface area (Å²) in [6, 6.07) is 4.04. The maximum Gasteiger partial charge on any atom is 0.344 e. The second-order valence-electron chi connectivity index (χ2n) is 8.63. The Kier molecular flexibility index (Phi) is 7.08. The predicted octanol–water partition coefficient (Wildman–Crippen LogP) is 0.737. The normalized spacial score (nSPS) is 23.8. The zero-order chi connectivity index (χ0) is 24.4. The van der Waals surface area contributed by atoms with Crippen molar-refractivity contribution in [3.8, 4) is 0 Å². The first-order valence-corrected chi connectivity index (χ1v) is 12.1. The number of hydrogen-bond acceptors (Lipinski definition) is 7. The van der Waals surface area contributed by atoms with Crippen molar-refractivity contribution in [3.63, 3.8) is 0 Å². The van der Waals surface area contributed by atoms with E-state index in [1.807, 2.05) is 6.92 Å². The van der Waals surface area contributed by atoms with E-state index >= 15 is 0 Å². The van der Waals surface area contributed by atoms with Crippen LogP contribution in [0.3, 0.4) is 0 Å². The lowest BCUT2D eigenvalue weighted by atomic mass is 9.77. The molecule has 0 aromatic heterocycles. The Bertz CT molecular complexity index is 1050. The van der Waals surface area contributed by atoms with Gasteiger partial charge in [0, 0.05) is 0 Å². The molecule has 1 aliphatic heterocycles. The van der Waals surface area contributed by atoms with Crippen molar-refractivity contribution in [2.24, 2.45) is 5.92 Å². The van der Waals surface area contributed by atoms with Gasteiger partial charge < -0.3 is 10.1 Å². The SMILES string of the molecule is Cc1ccc(S(=O)(=O)N[C@@H](C)C(=O)OCC(=O)NN2C(=O)NC3(CCC(C)CC3)C2=O)cc1. The lowest BCUT2D eigenvalue weighted by Gasteiger charge is -2.33. The van der Waals surface area contributed by atoms with Crippen LogP contribution in [0.1, 0.15) is 45.1 Å².